The number of carbonyl (C=O) groups excluding carboxylic acids is 1. The molecule has 31 heavy (non-hydrogen) atoms. The smallest absolute Gasteiger partial charge is 0.250 e. The first-order valence-corrected chi connectivity index (χ1v) is 11.3. The van der Waals surface area contributed by atoms with Gasteiger partial charge in [0.05, 0.1) is 27.6 Å². The van der Waals surface area contributed by atoms with Gasteiger partial charge in [-0.2, -0.15) is 5.10 Å². The molecule has 0 atom stereocenters. The van der Waals surface area contributed by atoms with E-state index in [1.165, 1.54) is 11.8 Å². The number of para-hydroxylation sites is 1. The summed E-state index contributed by atoms with van der Waals surface area (Å²) >= 11 is 2.98. The van der Waals surface area contributed by atoms with Crippen LogP contribution in [0.2, 0.25) is 0 Å². The van der Waals surface area contributed by atoms with Crippen LogP contribution in [0, 0.1) is 0 Å². The Kier molecular flexibility index (Phi) is 5.47. The van der Waals surface area contributed by atoms with Crippen LogP contribution >= 0.6 is 23.1 Å². The molecule has 0 radical (unpaired) electrons. The summed E-state index contributed by atoms with van der Waals surface area (Å²) in [5.74, 6) is 0.777. The lowest BCUT2D eigenvalue weighted by molar-refractivity contribution is -0.118. The third kappa shape index (κ3) is 4.35. The van der Waals surface area contributed by atoms with E-state index in [0.29, 0.717) is 5.76 Å². The Morgan fingerprint density at radius 3 is 2.77 bits per heavy atom. The first-order chi connectivity index (χ1) is 15.3. The van der Waals surface area contributed by atoms with Crippen molar-refractivity contribution in [2.24, 2.45) is 5.10 Å². The van der Waals surface area contributed by atoms with E-state index in [0.717, 1.165) is 36.6 Å². The zero-order chi connectivity index (χ0) is 21.0. The number of nitrogens with zero attached hydrogens (tertiary/aromatic N) is 3. The number of thiazole rings is 1. The Labute approximate surface area is 186 Å². The fourth-order valence-electron chi connectivity index (χ4n) is 3.09. The summed E-state index contributed by atoms with van der Waals surface area (Å²) < 4.78 is 7.50. The molecule has 2 aromatic heterocycles. The molecule has 0 saturated heterocycles. The molecule has 5 rings (SSSR count). The van der Waals surface area contributed by atoms with Crippen LogP contribution in [0.25, 0.3) is 32.4 Å². The van der Waals surface area contributed by atoms with Gasteiger partial charge in [0.15, 0.2) is 10.1 Å². The van der Waals surface area contributed by atoms with Crippen molar-refractivity contribution in [3.8, 4) is 11.3 Å². The van der Waals surface area contributed by atoms with Crippen molar-refractivity contribution in [3.05, 3.63) is 78.4 Å². The van der Waals surface area contributed by atoms with Crippen LogP contribution in [0.4, 0.5) is 0 Å². The summed E-state index contributed by atoms with van der Waals surface area (Å²) in [6.07, 6.45) is 1.61. The molecule has 2 heterocycles. The van der Waals surface area contributed by atoms with E-state index >= 15 is 0 Å². The molecule has 1 amide bonds. The fraction of sp³-hybridized carbons (Fsp3) is 0.0435. The van der Waals surface area contributed by atoms with Crippen molar-refractivity contribution in [1.82, 2.24) is 15.6 Å². The Hall–Kier alpha value is -3.49. The van der Waals surface area contributed by atoms with Crippen LogP contribution in [0.3, 0.4) is 0 Å². The lowest BCUT2D eigenvalue weighted by Gasteiger charge is -1.99. The molecule has 3 aromatic carbocycles. The second-order valence-corrected chi connectivity index (χ2v) is 8.94. The van der Waals surface area contributed by atoms with Gasteiger partial charge in [-0.25, -0.2) is 10.4 Å². The number of hydrogen-bond donors (Lipinski definition) is 1. The van der Waals surface area contributed by atoms with Gasteiger partial charge >= 0.3 is 0 Å². The van der Waals surface area contributed by atoms with Gasteiger partial charge in [0.1, 0.15) is 5.52 Å². The normalized spacial score (nSPS) is 11.5. The van der Waals surface area contributed by atoms with E-state index in [1.807, 2.05) is 72.8 Å². The molecule has 0 aliphatic heterocycles. The molecule has 0 saturated carbocycles. The maximum Gasteiger partial charge on any atom is 0.250 e. The van der Waals surface area contributed by atoms with Crippen molar-refractivity contribution < 1.29 is 9.32 Å². The van der Waals surface area contributed by atoms with Gasteiger partial charge in [-0.1, -0.05) is 65.4 Å². The molecule has 0 aliphatic carbocycles. The topological polar surface area (TPSA) is 80.4 Å². The molecule has 0 fully saturated rings. The van der Waals surface area contributed by atoms with E-state index in [2.05, 4.69) is 20.7 Å². The van der Waals surface area contributed by atoms with E-state index < -0.39 is 0 Å². The van der Waals surface area contributed by atoms with Crippen molar-refractivity contribution in [2.45, 2.75) is 4.34 Å². The highest BCUT2D eigenvalue weighted by molar-refractivity contribution is 8.01. The average Bonchev–Trinajstić information content (AvgIpc) is 3.42. The van der Waals surface area contributed by atoms with Crippen LogP contribution in [-0.4, -0.2) is 28.0 Å². The van der Waals surface area contributed by atoms with E-state index in [-0.39, 0.29) is 11.7 Å². The lowest BCUT2D eigenvalue weighted by Crippen LogP contribution is -2.19. The van der Waals surface area contributed by atoms with E-state index in [4.69, 9.17) is 4.52 Å². The minimum atomic E-state index is -0.184. The summed E-state index contributed by atoms with van der Waals surface area (Å²) in [5, 5.41) is 9.10. The molecule has 6 nitrogen and oxygen atoms in total. The van der Waals surface area contributed by atoms with Gasteiger partial charge in [-0.05, 0) is 29.8 Å². The number of carbonyl (C=O) groups is 1. The summed E-state index contributed by atoms with van der Waals surface area (Å²) in [5.41, 5.74) is 6.09. The zero-order valence-corrected chi connectivity index (χ0v) is 17.8. The number of fused-ring (bicyclic) bond motifs is 2. The lowest BCUT2D eigenvalue weighted by atomic mass is 10.1. The SMILES string of the molecule is O=C(CSc1nc2ccccc2s1)NN=Cc1ccc2noc(-c3ccccc3)c2c1. The molecule has 1 N–H and O–H groups in total. The first kappa shape index (κ1) is 19.5. The predicted molar refractivity (Wildman–Crippen MR) is 126 cm³/mol. The molecule has 0 spiro atoms. The highest BCUT2D eigenvalue weighted by Gasteiger charge is 2.11. The highest BCUT2D eigenvalue weighted by Crippen LogP contribution is 2.30. The number of hydrogen-bond acceptors (Lipinski definition) is 7. The molecule has 0 aliphatic rings. The van der Waals surface area contributed by atoms with E-state index in [9.17, 15) is 4.79 Å². The summed E-state index contributed by atoms with van der Waals surface area (Å²) in [6.45, 7) is 0. The second kappa shape index (κ2) is 8.71. The highest BCUT2D eigenvalue weighted by atomic mass is 32.2. The van der Waals surface area contributed by atoms with Gasteiger partial charge in [0, 0.05) is 5.56 Å². The predicted octanol–water partition coefficient (Wildman–Crippen LogP) is 5.35. The molecule has 0 unspecified atom stereocenters. The number of aromatic nitrogens is 2. The summed E-state index contributed by atoms with van der Waals surface area (Å²) in [7, 11) is 0. The standard InChI is InChI=1S/C23H16N4O2S2/c28-21(14-30-23-25-19-8-4-5-9-20(19)31-23)26-24-13-15-10-11-18-17(12-15)22(29-27-18)16-6-2-1-3-7-16/h1-13H,14H2,(H,26,28). The monoisotopic (exact) mass is 444 g/mol. The van der Waals surface area contributed by atoms with Crippen LogP contribution in [0.15, 0.2) is 86.8 Å². The number of thioether (sulfide) groups is 1. The minimum Gasteiger partial charge on any atom is -0.355 e. The largest absolute Gasteiger partial charge is 0.355 e. The third-order valence-electron chi connectivity index (χ3n) is 4.54. The number of amides is 1. The second-order valence-electron chi connectivity index (χ2n) is 6.68. The molecule has 152 valence electrons. The Morgan fingerprint density at radius 2 is 1.90 bits per heavy atom. The maximum absolute atomic E-state index is 12.1. The molecule has 8 heteroatoms. The Balaban J connectivity index is 1.23. The summed E-state index contributed by atoms with van der Waals surface area (Å²) in [4.78, 5) is 16.7. The van der Waals surface area contributed by atoms with Crippen molar-refractivity contribution in [1.29, 1.82) is 0 Å². The Bertz CT molecular complexity index is 1360. The third-order valence-corrected chi connectivity index (χ3v) is 6.72. The van der Waals surface area contributed by atoms with Gasteiger partial charge in [0.2, 0.25) is 0 Å². The fourth-order valence-corrected chi connectivity index (χ4v) is 4.95. The van der Waals surface area contributed by atoms with Crippen LogP contribution in [0.1, 0.15) is 5.56 Å². The average molecular weight is 445 g/mol. The number of rotatable bonds is 6. The zero-order valence-electron chi connectivity index (χ0n) is 16.2. The quantitative estimate of drug-likeness (QED) is 0.217. The molecular formula is C23H16N4O2S2. The van der Waals surface area contributed by atoms with Gasteiger partial charge < -0.3 is 4.52 Å². The Morgan fingerprint density at radius 1 is 1.06 bits per heavy atom. The van der Waals surface area contributed by atoms with Crippen molar-refractivity contribution in [2.75, 3.05) is 5.75 Å². The molecular weight excluding hydrogens is 428 g/mol. The maximum atomic E-state index is 12.1. The summed E-state index contributed by atoms with van der Waals surface area (Å²) in [6, 6.07) is 23.4. The van der Waals surface area contributed by atoms with Gasteiger partial charge in [-0.3, -0.25) is 4.79 Å². The van der Waals surface area contributed by atoms with Crippen molar-refractivity contribution in [3.63, 3.8) is 0 Å². The van der Waals surface area contributed by atoms with Crippen molar-refractivity contribution >= 4 is 56.3 Å². The molecule has 5 aromatic rings. The number of hydrazone groups is 1. The van der Waals surface area contributed by atoms with E-state index in [1.54, 1.807) is 17.6 Å². The number of benzene rings is 3. The van der Waals surface area contributed by atoms with Crippen LogP contribution < -0.4 is 5.43 Å². The first-order valence-electron chi connectivity index (χ1n) is 9.51. The van der Waals surface area contributed by atoms with Gasteiger partial charge in [0.25, 0.3) is 5.91 Å². The minimum absolute atomic E-state index is 0.184. The van der Waals surface area contributed by atoms with Crippen LogP contribution in [0.5, 0.6) is 0 Å². The number of nitrogens with one attached hydrogen (secondary N) is 1. The van der Waals surface area contributed by atoms with Crippen LogP contribution in [-0.2, 0) is 4.79 Å². The van der Waals surface area contributed by atoms with Gasteiger partial charge in [-0.15, -0.1) is 11.3 Å². The molecule has 0 bridgehead atoms.